The van der Waals surface area contributed by atoms with Crippen molar-refractivity contribution in [3.63, 3.8) is 0 Å². The lowest BCUT2D eigenvalue weighted by molar-refractivity contribution is -0.137. The molecule has 0 atom stereocenters. The van der Waals surface area contributed by atoms with Gasteiger partial charge in [0.05, 0.1) is 0 Å². The largest absolute Gasteiger partial charge is 0.480 e. The maximum Gasteiger partial charge on any atom is 0.323 e. The Morgan fingerprint density at radius 2 is 1.86 bits per heavy atom. The van der Waals surface area contributed by atoms with Crippen molar-refractivity contribution in [1.29, 1.82) is 0 Å². The number of furan rings is 1. The van der Waals surface area contributed by atoms with Crippen molar-refractivity contribution < 1.29 is 19.1 Å². The summed E-state index contributed by atoms with van der Waals surface area (Å²) in [5, 5.41) is 8.98. The summed E-state index contributed by atoms with van der Waals surface area (Å²) in [6, 6.07) is 12.6. The molecule has 0 spiro atoms. The summed E-state index contributed by atoms with van der Waals surface area (Å²) in [7, 11) is 0. The SMILES string of the molecule is CCc1ccc(C(=O)N(CC(=O)O)Cc2ccccc2)o1. The number of hydrogen-bond donors (Lipinski definition) is 1. The second-order valence-electron chi connectivity index (χ2n) is 4.66. The monoisotopic (exact) mass is 287 g/mol. The lowest BCUT2D eigenvalue weighted by Gasteiger charge is -2.19. The molecule has 0 fully saturated rings. The molecule has 1 aromatic heterocycles. The van der Waals surface area contributed by atoms with Crippen molar-refractivity contribution >= 4 is 11.9 Å². The Labute approximate surface area is 122 Å². The zero-order valence-electron chi connectivity index (χ0n) is 11.8. The Kier molecular flexibility index (Phi) is 4.77. The standard InChI is InChI=1S/C16H17NO4/c1-2-13-8-9-14(21-13)16(20)17(11-15(18)19)10-12-6-4-3-5-7-12/h3-9H,2,10-11H2,1H3,(H,18,19). The fourth-order valence-corrected chi connectivity index (χ4v) is 2.01. The zero-order chi connectivity index (χ0) is 15.2. The first-order chi connectivity index (χ1) is 10.1. The maximum absolute atomic E-state index is 12.4. The summed E-state index contributed by atoms with van der Waals surface area (Å²) in [4.78, 5) is 24.6. The van der Waals surface area contributed by atoms with Crippen LogP contribution in [0.3, 0.4) is 0 Å². The fourth-order valence-electron chi connectivity index (χ4n) is 2.01. The van der Waals surface area contributed by atoms with E-state index in [1.165, 1.54) is 4.90 Å². The van der Waals surface area contributed by atoms with Crippen molar-refractivity contribution in [1.82, 2.24) is 4.90 Å². The molecular formula is C16H17NO4. The second kappa shape index (κ2) is 6.74. The number of hydrogen-bond acceptors (Lipinski definition) is 3. The van der Waals surface area contributed by atoms with E-state index in [0.29, 0.717) is 12.2 Å². The number of nitrogens with zero attached hydrogens (tertiary/aromatic N) is 1. The van der Waals surface area contributed by atoms with E-state index in [9.17, 15) is 9.59 Å². The van der Waals surface area contributed by atoms with Gasteiger partial charge in [0.15, 0.2) is 5.76 Å². The van der Waals surface area contributed by atoms with Gasteiger partial charge in [-0.25, -0.2) is 0 Å². The summed E-state index contributed by atoms with van der Waals surface area (Å²) in [5.41, 5.74) is 0.870. The van der Waals surface area contributed by atoms with E-state index in [-0.39, 0.29) is 18.8 Å². The summed E-state index contributed by atoms with van der Waals surface area (Å²) in [5.74, 6) is -0.597. The molecule has 0 unspecified atom stereocenters. The molecule has 21 heavy (non-hydrogen) atoms. The van der Waals surface area contributed by atoms with Crippen molar-refractivity contribution in [2.24, 2.45) is 0 Å². The second-order valence-corrected chi connectivity index (χ2v) is 4.66. The first-order valence-electron chi connectivity index (χ1n) is 6.74. The van der Waals surface area contributed by atoms with Gasteiger partial charge in [-0.2, -0.15) is 0 Å². The summed E-state index contributed by atoms with van der Waals surface area (Å²) in [6.45, 7) is 1.79. The minimum atomic E-state index is -1.05. The number of carboxylic acid groups (broad SMARTS) is 1. The van der Waals surface area contributed by atoms with Gasteiger partial charge in [-0.1, -0.05) is 37.3 Å². The molecule has 2 rings (SSSR count). The number of carboxylic acids is 1. The highest BCUT2D eigenvalue weighted by atomic mass is 16.4. The van der Waals surface area contributed by atoms with Gasteiger partial charge in [0.2, 0.25) is 0 Å². The molecule has 0 saturated heterocycles. The molecule has 0 aliphatic rings. The van der Waals surface area contributed by atoms with Gasteiger partial charge in [0.1, 0.15) is 12.3 Å². The Balaban J connectivity index is 2.18. The fraction of sp³-hybridized carbons (Fsp3) is 0.250. The molecule has 1 N–H and O–H groups in total. The van der Waals surface area contributed by atoms with E-state index in [0.717, 1.165) is 5.56 Å². The van der Waals surface area contributed by atoms with Gasteiger partial charge in [-0.3, -0.25) is 9.59 Å². The van der Waals surface area contributed by atoms with Crippen molar-refractivity contribution in [2.75, 3.05) is 6.54 Å². The average molecular weight is 287 g/mol. The van der Waals surface area contributed by atoms with Crippen LogP contribution in [-0.4, -0.2) is 28.4 Å². The quantitative estimate of drug-likeness (QED) is 0.886. The van der Waals surface area contributed by atoms with Crippen LogP contribution in [0.25, 0.3) is 0 Å². The van der Waals surface area contributed by atoms with Gasteiger partial charge < -0.3 is 14.4 Å². The number of benzene rings is 1. The number of aryl methyl sites for hydroxylation is 1. The maximum atomic E-state index is 12.4. The minimum Gasteiger partial charge on any atom is -0.480 e. The van der Waals surface area contributed by atoms with E-state index < -0.39 is 11.9 Å². The van der Waals surface area contributed by atoms with Crippen LogP contribution in [0.4, 0.5) is 0 Å². The lowest BCUT2D eigenvalue weighted by Crippen LogP contribution is -2.35. The summed E-state index contributed by atoms with van der Waals surface area (Å²) < 4.78 is 5.41. The minimum absolute atomic E-state index is 0.170. The molecule has 0 saturated carbocycles. The first-order valence-corrected chi connectivity index (χ1v) is 6.74. The van der Waals surface area contributed by atoms with Crippen LogP contribution in [-0.2, 0) is 17.8 Å². The normalized spacial score (nSPS) is 10.3. The highest BCUT2D eigenvalue weighted by Crippen LogP contribution is 2.13. The third-order valence-corrected chi connectivity index (χ3v) is 3.05. The average Bonchev–Trinajstić information content (AvgIpc) is 2.95. The molecule has 1 heterocycles. The highest BCUT2D eigenvalue weighted by Gasteiger charge is 2.21. The van der Waals surface area contributed by atoms with Crippen LogP contribution in [0.15, 0.2) is 46.9 Å². The molecule has 2 aromatic rings. The van der Waals surface area contributed by atoms with Crippen LogP contribution in [0.1, 0.15) is 28.8 Å². The highest BCUT2D eigenvalue weighted by molar-refractivity contribution is 5.93. The van der Waals surface area contributed by atoms with E-state index in [4.69, 9.17) is 9.52 Å². The van der Waals surface area contributed by atoms with Crippen LogP contribution in [0, 0.1) is 0 Å². The Hall–Kier alpha value is -2.56. The van der Waals surface area contributed by atoms with Gasteiger partial charge >= 0.3 is 5.97 Å². The predicted molar refractivity (Wildman–Crippen MR) is 76.9 cm³/mol. The molecule has 0 aliphatic carbocycles. The summed E-state index contributed by atoms with van der Waals surface area (Å²) >= 11 is 0. The van der Waals surface area contributed by atoms with Crippen LogP contribution >= 0.6 is 0 Å². The molecule has 5 heteroatoms. The number of aliphatic carboxylic acids is 1. The van der Waals surface area contributed by atoms with Gasteiger partial charge in [-0.05, 0) is 17.7 Å². The molecule has 110 valence electrons. The summed E-state index contributed by atoms with van der Waals surface area (Å²) in [6.07, 6.45) is 0.685. The molecule has 1 aromatic carbocycles. The van der Waals surface area contributed by atoms with Crippen LogP contribution < -0.4 is 0 Å². The predicted octanol–water partition coefficient (Wildman–Crippen LogP) is 2.57. The van der Waals surface area contributed by atoms with E-state index in [2.05, 4.69) is 0 Å². The van der Waals surface area contributed by atoms with Crippen molar-refractivity contribution in [3.05, 3.63) is 59.5 Å². The number of carbonyl (C=O) groups excluding carboxylic acids is 1. The van der Waals surface area contributed by atoms with Crippen LogP contribution in [0.5, 0.6) is 0 Å². The molecular weight excluding hydrogens is 270 g/mol. The molecule has 0 aliphatic heterocycles. The number of carbonyl (C=O) groups is 2. The van der Waals surface area contributed by atoms with Crippen molar-refractivity contribution in [2.45, 2.75) is 19.9 Å². The smallest absolute Gasteiger partial charge is 0.323 e. The van der Waals surface area contributed by atoms with E-state index in [1.807, 2.05) is 37.3 Å². The topological polar surface area (TPSA) is 70.8 Å². The van der Waals surface area contributed by atoms with Gasteiger partial charge in [0, 0.05) is 13.0 Å². The third-order valence-electron chi connectivity index (χ3n) is 3.05. The zero-order valence-corrected chi connectivity index (χ0v) is 11.8. The van der Waals surface area contributed by atoms with Crippen molar-refractivity contribution in [3.8, 4) is 0 Å². The molecule has 1 amide bonds. The Bertz CT molecular complexity index is 618. The Morgan fingerprint density at radius 3 is 2.43 bits per heavy atom. The van der Waals surface area contributed by atoms with Crippen LogP contribution in [0.2, 0.25) is 0 Å². The number of amides is 1. The van der Waals surface area contributed by atoms with Gasteiger partial charge in [0.25, 0.3) is 5.91 Å². The van der Waals surface area contributed by atoms with E-state index in [1.54, 1.807) is 12.1 Å². The van der Waals surface area contributed by atoms with E-state index >= 15 is 0 Å². The Morgan fingerprint density at radius 1 is 1.14 bits per heavy atom. The first kappa shape index (κ1) is 14.8. The lowest BCUT2D eigenvalue weighted by atomic mass is 10.2. The van der Waals surface area contributed by atoms with Gasteiger partial charge in [-0.15, -0.1) is 0 Å². The number of rotatable bonds is 6. The molecule has 0 radical (unpaired) electrons. The third kappa shape index (κ3) is 3.95. The molecule has 5 nitrogen and oxygen atoms in total. The molecule has 0 bridgehead atoms.